The second-order valence-corrected chi connectivity index (χ2v) is 6.90. The highest BCUT2D eigenvalue weighted by Crippen LogP contribution is 2.54. The standard InChI is InChI=1S/C24H24N2O4/c1-6-7-18-17(13-25)16-11-22(29-4)23(30-5)12-19(16)24(18,14-26)15-8-9-20(27-2)21(10-15)28-3/h8-12H,6-7H2,1-5H3. The summed E-state index contributed by atoms with van der Waals surface area (Å²) in [6.45, 7) is 2.03. The SMILES string of the molecule is CCCC1=C(C#N)c2cc(OC)c(OC)cc2C1(C#N)c1ccc(OC)c(OC)c1. The predicted octanol–water partition coefficient (Wildman–Crippen LogP) is 4.62. The van der Waals surface area contributed by atoms with E-state index in [1.807, 2.05) is 13.0 Å². The molecule has 30 heavy (non-hydrogen) atoms. The number of hydrogen-bond acceptors (Lipinski definition) is 6. The molecule has 1 atom stereocenters. The maximum atomic E-state index is 10.6. The molecule has 0 saturated heterocycles. The molecule has 3 rings (SSSR count). The lowest BCUT2D eigenvalue weighted by molar-refractivity contribution is 0.353. The topological polar surface area (TPSA) is 84.5 Å². The van der Waals surface area contributed by atoms with Crippen molar-refractivity contribution in [3.05, 3.63) is 52.6 Å². The molecule has 0 spiro atoms. The minimum absolute atomic E-state index is 0.504. The second kappa shape index (κ2) is 8.39. The van der Waals surface area contributed by atoms with Crippen LogP contribution in [-0.2, 0) is 5.41 Å². The van der Waals surface area contributed by atoms with Crippen LogP contribution in [0, 0.1) is 22.7 Å². The van der Waals surface area contributed by atoms with Crippen molar-refractivity contribution < 1.29 is 18.9 Å². The zero-order chi connectivity index (χ0) is 21.9. The molecule has 0 radical (unpaired) electrons. The molecule has 0 heterocycles. The molecule has 0 fully saturated rings. The summed E-state index contributed by atoms with van der Waals surface area (Å²) < 4.78 is 21.8. The van der Waals surface area contributed by atoms with Gasteiger partial charge in [-0.05, 0) is 47.4 Å². The van der Waals surface area contributed by atoms with Crippen molar-refractivity contribution in [2.45, 2.75) is 25.2 Å². The van der Waals surface area contributed by atoms with Gasteiger partial charge in [-0.15, -0.1) is 0 Å². The van der Waals surface area contributed by atoms with Gasteiger partial charge in [0.1, 0.15) is 5.41 Å². The summed E-state index contributed by atoms with van der Waals surface area (Å²) in [6.07, 6.45) is 1.39. The normalized spacial score (nSPS) is 17.0. The number of methoxy groups -OCH3 is 4. The van der Waals surface area contributed by atoms with Gasteiger partial charge in [0.05, 0.1) is 46.2 Å². The summed E-state index contributed by atoms with van der Waals surface area (Å²) in [5, 5.41) is 20.6. The van der Waals surface area contributed by atoms with Crippen molar-refractivity contribution in [1.29, 1.82) is 10.5 Å². The Morgan fingerprint density at radius 3 is 1.97 bits per heavy atom. The summed E-state index contributed by atoms with van der Waals surface area (Å²) in [6, 6.07) is 13.9. The summed E-state index contributed by atoms with van der Waals surface area (Å²) in [7, 11) is 6.22. The summed E-state index contributed by atoms with van der Waals surface area (Å²) in [5.41, 5.74) is 2.24. The van der Waals surface area contributed by atoms with Crippen molar-refractivity contribution in [1.82, 2.24) is 0 Å². The van der Waals surface area contributed by atoms with Gasteiger partial charge in [-0.3, -0.25) is 0 Å². The van der Waals surface area contributed by atoms with Gasteiger partial charge in [0.25, 0.3) is 0 Å². The number of ether oxygens (including phenoxy) is 4. The molecule has 0 N–H and O–H groups in total. The monoisotopic (exact) mass is 404 g/mol. The van der Waals surface area contributed by atoms with Crippen LogP contribution in [0.1, 0.15) is 36.5 Å². The van der Waals surface area contributed by atoms with Crippen LogP contribution in [0.15, 0.2) is 35.9 Å². The van der Waals surface area contributed by atoms with E-state index in [4.69, 9.17) is 18.9 Å². The minimum atomic E-state index is -1.14. The molecule has 6 nitrogen and oxygen atoms in total. The Balaban J connectivity index is 2.43. The Bertz CT molecular complexity index is 1090. The average molecular weight is 404 g/mol. The van der Waals surface area contributed by atoms with Gasteiger partial charge in [0.2, 0.25) is 0 Å². The van der Waals surface area contributed by atoms with Crippen LogP contribution >= 0.6 is 0 Å². The third-order valence-corrected chi connectivity index (χ3v) is 5.55. The van der Waals surface area contributed by atoms with Crippen molar-refractivity contribution in [2.75, 3.05) is 28.4 Å². The molecule has 0 bridgehead atoms. The van der Waals surface area contributed by atoms with Crippen molar-refractivity contribution >= 4 is 5.57 Å². The van der Waals surface area contributed by atoms with E-state index >= 15 is 0 Å². The van der Waals surface area contributed by atoms with Crippen LogP contribution in [0.3, 0.4) is 0 Å². The van der Waals surface area contributed by atoms with Gasteiger partial charge in [-0.1, -0.05) is 19.4 Å². The number of hydrogen-bond donors (Lipinski definition) is 0. The van der Waals surface area contributed by atoms with Crippen LogP contribution in [0.5, 0.6) is 23.0 Å². The van der Waals surface area contributed by atoms with Crippen LogP contribution in [0.2, 0.25) is 0 Å². The van der Waals surface area contributed by atoms with E-state index in [2.05, 4.69) is 12.1 Å². The van der Waals surface area contributed by atoms with Crippen molar-refractivity contribution in [3.63, 3.8) is 0 Å². The fraction of sp³-hybridized carbons (Fsp3) is 0.333. The van der Waals surface area contributed by atoms with E-state index in [9.17, 15) is 10.5 Å². The molecular weight excluding hydrogens is 380 g/mol. The summed E-state index contributed by atoms with van der Waals surface area (Å²) >= 11 is 0. The zero-order valence-corrected chi connectivity index (χ0v) is 17.8. The number of rotatable bonds is 7. The smallest absolute Gasteiger partial charge is 0.161 e. The fourth-order valence-electron chi connectivity index (χ4n) is 4.19. The highest BCUT2D eigenvalue weighted by atomic mass is 16.5. The lowest BCUT2D eigenvalue weighted by atomic mass is 9.71. The first-order valence-corrected chi connectivity index (χ1v) is 9.60. The first-order valence-electron chi connectivity index (χ1n) is 9.60. The number of allylic oxidation sites excluding steroid dienone is 2. The van der Waals surface area contributed by atoms with E-state index in [0.717, 1.165) is 12.0 Å². The van der Waals surface area contributed by atoms with Crippen LogP contribution in [-0.4, -0.2) is 28.4 Å². The van der Waals surface area contributed by atoms with Crippen LogP contribution in [0.4, 0.5) is 0 Å². The number of nitriles is 2. The Morgan fingerprint density at radius 2 is 1.43 bits per heavy atom. The Morgan fingerprint density at radius 1 is 0.833 bits per heavy atom. The van der Waals surface area contributed by atoms with Crippen molar-refractivity contribution in [3.8, 4) is 35.1 Å². The van der Waals surface area contributed by atoms with Gasteiger partial charge in [0, 0.05) is 5.56 Å². The number of benzene rings is 2. The molecule has 1 aliphatic rings. The summed E-state index contributed by atoms with van der Waals surface area (Å²) in [5.74, 6) is 2.11. The predicted molar refractivity (Wildman–Crippen MR) is 113 cm³/mol. The van der Waals surface area contributed by atoms with E-state index < -0.39 is 5.41 Å². The van der Waals surface area contributed by atoms with Crippen LogP contribution in [0.25, 0.3) is 5.57 Å². The zero-order valence-electron chi connectivity index (χ0n) is 17.8. The van der Waals surface area contributed by atoms with Gasteiger partial charge < -0.3 is 18.9 Å². The van der Waals surface area contributed by atoms with E-state index in [0.29, 0.717) is 51.7 Å². The molecule has 0 aromatic heterocycles. The minimum Gasteiger partial charge on any atom is -0.493 e. The highest BCUT2D eigenvalue weighted by Gasteiger charge is 2.48. The molecule has 1 aliphatic carbocycles. The number of nitrogens with zero attached hydrogens (tertiary/aromatic N) is 2. The third-order valence-electron chi connectivity index (χ3n) is 5.55. The maximum Gasteiger partial charge on any atom is 0.161 e. The molecule has 6 heteroatoms. The van der Waals surface area contributed by atoms with Crippen LogP contribution < -0.4 is 18.9 Å². The fourth-order valence-corrected chi connectivity index (χ4v) is 4.19. The summed E-state index contributed by atoms with van der Waals surface area (Å²) in [4.78, 5) is 0. The molecule has 2 aromatic carbocycles. The third kappa shape index (κ3) is 2.93. The van der Waals surface area contributed by atoms with E-state index in [1.165, 1.54) is 0 Å². The first kappa shape index (κ1) is 21.1. The van der Waals surface area contributed by atoms with Gasteiger partial charge in [-0.25, -0.2) is 0 Å². The number of fused-ring (bicyclic) bond motifs is 1. The Kier molecular flexibility index (Phi) is 5.89. The molecule has 0 aliphatic heterocycles. The first-order chi connectivity index (χ1) is 14.6. The molecule has 2 aromatic rings. The van der Waals surface area contributed by atoms with E-state index in [1.54, 1.807) is 52.7 Å². The molecule has 0 saturated carbocycles. The van der Waals surface area contributed by atoms with Gasteiger partial charge in [-0.2, -0.15) is 10.5 Å². The highest BCUT2D eigenvalue weighted by molar-refractivity contribution is 5.92. The Hall–Kier alpha value is -3.64. The molecule has 1 unspecified atom stereocenters. The second-order valence-electron chi connectivity index (χ2n) is 6.90. The molecule has 0 amide bonds. The average Bonchev–Trinajstić information content (AvgIpc) is 3.06. The van der Waals surface area contributed by atoms with Crippen molar-refractivity contribution in [2.24, 2.45) is 0 Å². The maximum absolute atomic E-state index is 10.6. The van der Waals surface area contributed by atoms with Gasteiger partial charge >= 0.3 is 0 Å². The van der Waals surface area contributed by atoms with E-state index in [-0.39, 0.29) is 0 Å². The molecule has 154 valence electrons. The lowest BCUT2D eigenvalue weighted by Crippen LogP contribution is -2.26. The molecular formula is C24H24N2O4. The lowest BCUT2D eigenvalue weighted by Gasteiger charge is -2.28. The van der Waals surface area contributed by atoms with Gasteiger partial charge in [0.15, 0.2) is 23.0 Å². The quantitative estimate of drug-likeness (QED) is 0.669. The Labute approximate surface area is 176 Å². The largest absolute Gasteiger partial charge is 0.493 e.